The fourth-order valence-electron chi connectivity index (χ4n) is 0.779. The minimum atomic E-state index is -4.60. The van der Waals surface area contributed by atoms with Crippen LogP contribution in [-0.4, -0.2) is 18.9 Å². The number of rotatable bonds is 2. The molecule has 0 bridgehead atoms. The highest BCUT2D eigenvalue weighted by atomic mass is 32.2. The van der Waals surface area contributed by atoms with Crippen LogP contribution in [-0.2, 0) is 10.1 Å². The van der Waals surface area contributed by atoms with Gasteiger partial charge in [0.15, 0.2) is 0 Å². The number of carbonyl (C=O) groups is 1. The summed E-state index contributed by atoms with van der Waals surface area (Å²) in [5, 5.41) is 10.3. The molecular formula is C7H4O5S-2. The highest BCUT2D eigenvalue weighted by Gasteiger charge is 2.01. The van der Waals surface area contributed by atoms with Gasteiger partial charge in [0.05, 0.1) is 10.9 Å². The summed E-state index contributed by atoms with van der Waals surface area (Å²) in [7, 11) is -4.60. The van der Waals surface area contributed by atoms with Crippen LogP contribution in [0.3, 0.4) is 0 Å². The average molecular weight is 200 g/mol. The van der Waals surface area contributed by atoms with Crippen molar-refractivity contribution >= 4 is 16.1 Å². The molecule has 0 fully saturated rings. The zero-order valence-electron chi connectivity index (χ0n) is 6.26. The van der Waals surface area contributed by atoms with E-state index in [1.165, 1.54) is 0 Å². The predicted octanol–water partition coefficient (Wildman–Crippen LogP) is -1.05. The van der Waals surface area contributed by atoms with Crippen molar-refractivity contribution in [3.63, 3.8) is 0 Å². The molecule has 0 aromatic heterocycles. The Kier molecular flexibility index (Phi) is 2.35. The Bertz CT molecular complexity index is 434. The smallest absolute Gasteiger partial charge is 0.124 e. The van der Waals surface area contributed by atoms with E-state index in [2.05, 4.69) is 0 Å². The molecule has 0 aliphatic heterocycles. The molecule has 0 N–H and O–H groups in total. The van der Waals surface area contributed by atoms with Crippen LogP contribution in [0.1, 0.15) is 10.4 Å². The average Bonchev–Trinajstić information content (AvgIpc) is 2.03. The van der Waals surface area contributed by atoms with E-state index in [1.807, 2.05) is 0 Å². The summed E-state index contributed by atoms with van der Waals surface area (Å²) in [6.07, 6.45) is 0. The lowest BCUT2D eigenvalue weighted by Gasteiger charge is -2.08. The lowest BCUT2D eigenvalue weighted by atomic mass is 10.2. The molecule has 0 aliphatic rings. The van der Waals surface area contributed by atoms with Gasteiger partial charge in [-0.1, -0.05) is 12.1 Å². The fourth-order valence-corrected chi connectivity index (χ4v) is 1.30. The summed E-state index contributed by atoms with van der Waals surface area (Å²) in [6.45, 7) is 0. The van der Waals surface area contributed by atoms with E-state index in [4.69, 9.17) is 0 Å². The molecule has 0 spiro atoms. The molecule has 13 heavy (non-hydrogen) atoms. The lowest BCUT2D eigenvalue weighted by molar-refractivity contribution is -0.255. The molecule has 70 valence electrons. The van der Waals surface area contributed by atoms with Gasteiger partial charge in [-0.25, -0.2) is 8.42 Å². The van der Waals surface area contributed by atoms with Gasteiger partial charge in [-0.05, 0) is 17.7 Å². The van der Waals surface area contributed by atoms with Crippen LogP contribution in [0.4, 0.5) is 0 Å². The topological polar surface area (TPSA) is 97.3 Å². The number of carboxylic acids is 1. The molecule has 1 aromatic rings. The van der Waals surface area contributed by atoms with Crippen molar-refractivity contribution in [2.45, 2.75) is 4.90 Å². The second-order valence-electron chi connectivity index (χ2n) is 2.27. The molecule has 6 heteroatoms. The van der Waals surface area contributed by atoms with Gasteiger partial charge in [0, 0.05) is 0 Å². The van der Waals surface area contributed by atoms with Crippen LogP contribution >= 0.6 is 0 Å². The third kappa shape index (κ3) is 2.27. The number of hydrogen-bond donors (Lipinski definition) is 0. The first-order chi connectivity index (χ1) is 5.91. The molecule has 0 unspecified atom stereocenters. The third-order valence-corrected chi connectivity index (χ3v) is 2.19. The van der Waals surface area contributed by atoms with Crippen LogP contribution in [0, 0.1) is 0 Å². The van der Waals surface area contributed by atoms with Crippen LogP contribution in [0.25, 0.3) is 0 Å². The maximum atomic E-state index is 10.4. The van der Waals surface area contributed by atoms with Crippen LogP contribution in [0.2, 0.25) is 0 Å². The molecule has 0 saturated carbocycles. The van der Waals surface area contributed by atoms with Crippen molar-refractivity contribution in [3.05, 3.63) is 29.8 Å². The van der Waals surface area contributed by atoms with Crippen molar-refractivity contribution in [2.75, 3.05) is 0 Å². The molecule has 0 heterocycles. The molecule has 1 aromatic carbocycles. The van der Waals surface area contributed by atoms with Crippen LogP contribution in [0.15, 0.2) is 29.2 Å². The Hall–Kier alpha value is -1.40. The Labute approximate surface area is 74.4 Å². The lowest BCUT2D eigenvalue weighted by Crippen LogP contribution is -2.22. The normalized spacial score (nSPS) is 11.2. The molecule has 0 radical (unpaired) electrons. The highest BCUT2D eigenvalue weighted by Crippen LogP contribution is 2.09. The van der Waals surface area contributed by atoms with Gasteiger partial charge in [0.1, 0.15) is 10.1 Å². The van der Waals surface area contributed by atoms with Gasteiger partial charge in [-0.15, -0.1) is 0 Å². The molecule has 0 atom stereocenters. The molecule has 1 rings (SSSR count). The first kappa shape index (κ1) is 9.69. The second kappa shape index (κ2) is 3.15. The summed E-state index contributed by atoms with van der Waals surface area (Å²) in [5.74, 6) is -1.52. The van der Waals surface area contributed by atoms with Gasteiger partial charge in [0.25, 0.3) is 0 Å². The van der Waals surface area contributed by atoms with E-state index in [1.54, 1.807) is 0 Å². The predicted molar refractivity (Wildman–Crippen MR) is 38.7 cm³/mol. The van der Waals surface area contributed by atoms with E-state index < -0.39 is 21.0 Å². The SMILES string of the molecule is O=C([O-])c1cccc(S(=O)(=O)[O-])c1. The van der Waals surface area contributed by atoms with Crippen LogP contribution in [0.5, 0.6) is 0 Å². The zero-order valence-corrected chi connectivity index (χ0v) is 7.08. The molecule has 0 amide bonds. The third-order valence-electron chi connectivity index (χ3n) is 1.36. The number of carboxylic acid groups (broad SMARTS) is 1. The molecule has 0 saturated heterocycles. The maximum Gasteiger partial charge on any atom is 0.124 e. The van der Waals surface area contributed by atoms with E-state index >= 15 is 0 Å². The van der Waals surface area contributed by atoms with Crippen molar-refractivity contribution in [1.29, 1.82) is 0 Å². The van der Waals surface area contributed by atoms with Gasteiger partial charge in [0.2, 0.25) is 0 Å². The van der Waals surface area contributed by atoms with Crippen molar-refractivity contribution < 1.29 is 22.9 Å². The summed E-state index contributed by atoms with van der Waals surface area (Å²) in [6, 6.07) is 4.09. The summed E-state index contributed by atoms with van der Waals surface area (Å²) >= 11 is 0. The summed E-state index contributed by atoms with van der Waals surface area (Å²) < 4.78 is 31.3. The highest BCUT2D eigenvalue weighted by molar-refractivity contribution is 7.85. The summed E-state index contributed by atoms with van der Waals surface area (Å²) in [5.41, 5.74) is -0.336. The number of aromatic carboxylic acids is 1. The monoisotopic (exact) mass is 200 g/mol. The van der Waals surface area contributed by atoms with E-state index in [-0.39, 0.29) is 5.56 Å². The minimum absolute atomic E-state index is 0.336. The van der Waals surface area contributed by atoms with Crippen molar-refractivity contribution in [3.8, 4) is 0 Å². The van der Waals surface area contributed by atoms with Gasteiger partial charge in [-0.2, -0.15) is 0 Å². The Morgan fingerprint density at radius 2 is 1.92 bits per heavy atom. The first-order valence-electron chi connectivity index (χ1n) is 3.18. The summed E-state index contributed by atoms with van der Waals surface area (Å²) in [4.78, 5) is 9.70. The van der Waals surface area contributed by atoms with Gasteiger partial charge in [-0.3, -0.25) is 0 Å². The van der Waals surface area contributed by atoms with E-state index in [9.17, 15) is 22.9 Å². The van der Waals surface area contributed by atoms with Crippen LogP contribution < -0.4 is 5.11 Å². The van der Waals surface area contributed by atoms with Gasteiger partial charge < -0.3 is 14.5 Å². The van der Waals surface area contributed by atoms with Gasteiger partial charge >= 0.3 is 0 Å². The first-order valence-corrected chi connectivity index (χ1v) is 4.59. The number of benzene rings is 1. The Balaban J connectivity index is 3.29. The second-order valence-corrected chi connectivity index (χ2v) is 3.65. The van der Waals surface area contributed by atoms with E-state index in [0.29, 0.717) is 0 Å². The minimum Gasteiger partial charge on any atom is -0.744 e. The number of carbonyl (C=O) groups excluding carboxylic acids is 1. The quantitative estimate of drug-likeness (QED) is 0.567. The van der Waals surface area contributed by atoms with Crippen molar-refractivity contribution in [2.24, 2.45) is 0 Å². The Morgan fingerprint density at radius 3 is 2.38 bits per heavy atom. The fraction of sp³-hybridized carbons (Fsp3) is 0. The zero-order chi connectivity index (χ0) is 10.1. The standard InChI is InChI=1S/C7H6O5S/c8-7(9)5-2-1-3-6(4-5)13(10,11)12/h1-4H,(H,8,9)(H,10,11,12)/p-2. The Morgan fingerprint density at radius 1 is 1.31 bits per heavy atom. The molecular weight excluding hydrogens is 196 g/mol. The van der Waals surface area contributed by atoms with Crippen molar-refractivity contribution in [1.82, 2.24) is 0 Å². The molecule has 5 nitrogen and oxygen atoms in total. The molecule has 0 aliphatic carbocycles. The van der Waals surface area contributed by atoms with E-state index in [0.717, 1.165) is 24.3 Å². The number of hydrogen-bond acceptors (Lipinski definition) is 5. The largest absolute Gasteiger partial charge is 0.744 e. The maximum absolute atomic E-state index is 10.4.